The third kappa shape index (κ3) is 1.66. The summed E-state index contributed by atoms with van der Waals surface area (Å²) in [6.45, 7) is 4.54. The molecule has 0 aliphatic carbocycles. The van der Waals surface area contributed by atoms with Gasteiger partial charge in [-0.25, -0.2) is 4.98 Å². The molecule has 0 aliphatic rings. The first-order chi connectivity index (χ1) is 7.24. The number of nitrogens with two attached hydrogens (primary N) is 1. The highest BCUT2D eigenvalue weighted by Gasteiger charge is 2.10. The monoisotopic (exact) mass is 201 g/mol. The highest BCUT2D eigenvalue weighted by molar-refractivity contribution is 5.36. The highest BCUT2D eigenvalue weighted by Crippen LogP contribution is 2.16. The van der Waals surface area contributed by atoms with Crippen LogP contribution in [0.1, 0.15) is 17.2 Å². The van der Waals surface area contributed by atoms with Crippen LogP contribution < -0.4 is 5.73 Å². The van der Waals surface area contributed by atoms with Crippen LogP contribution in [0, 0.1) is 13.8 Å². The summed E-state index contributed by atoms with van der Waals surface area (Å²) in [7, 11) is 0. The number of para-hydroxylation sites is 1. The van der Waals surface area contributed by atoms with Gasteiger partial charge < -0.3 is 10.3 Å². The molecule has 0 amide bonds. The van der Waals surface area contributed by atoms with Crippen LogP contribution in [0.2, 0.25) is 0 Å². The van der Waals surface area contributed by atoms with E-state index in [2.05, 4.69) is 28.6 Å². The van der Waals surface area contributed by atoms with E-state index in [0.717, 1.165) is 22.9 Å². The van der Waals surface area contributed by atoms with Gasteiger partial charge in [0.1, 0.15) is 5.82 Å². The molecule has 0 saturated heterocycles. The standard InChI is InChI=1S/C12H15N3/c1-9-12(8-13)14-10(2)15(9)11-6-4-3-5-7-11/h3-7H,8,13H2,1-2H3. The van der Waals surface area contributed by atoms with Crippen LogP contribution >= 0.6 is 0 Å². The van der Waals surface area contributed by atoms with E-state index in [-0.39, 0.29) is 0 Å². The largest absolute Gasteiger partial charge is 0.325 e. The Balaban J connectivity index is 2.58. The first-order valence-corrected chi connectivity index (χ1v) is 5.04. The van der Waals surface area contributed by atoms with Gasteiger partial charge in [-0.3, -0.25) is 0 Å². The molecule has 2 N–H and O–H groups in total. The second-order valence-electron chi connectivity index (χ2n) is 3.57. The van der Waals surface area contributed by atoms with Gasteiger partial charge in [-0.05, 0) is 26.0 Å². The number of aryl methyl sites for hydroxylation is 1. The minimum absolute atomic E-state index is 0.493. The summed E-state index contributed by atoms with van der Waals surface area (Å²) in [6.07, 6.45) is 0. The van der Waals surface area contributed by atoms with Crippen molar-refractivity contribution in [1.29, 1.82) is 0 Å². The number of hydrogen-bond donors (Lipinski definition) is 1. The van der Waals surface area contributed by atoms with Gasteiger partial charge in [0.05, 0.1) is 5.69 Å². The number of nitrogens with zero attached hydrogens (tertiary/aromatic N) is 2. The smallest absolute Gasteiger partial charge is 0.110 e. The zero-order valence-corrected chi connectivity index (χ0v) is 9.07. The summed E-state index contributed by atoms with van der Waals surface area (Å²) < 4.78 is 2.13. The molecule has 2 aromatic rings. The van der Waals surface area contributed by atoms with Gasteiger partial charge in [0.2, 0.25) is 0 Å². The molecule has 0 bridgehead atoms. The fourth-order valence-corrected chi connectivity index (χ4v) is 1.85. The van der Waals surface area contributed by atoms with Gasteiger partial charge in [-0.2, -0.15) is 0 Å². The Morgan fingerprint density at radius 2 is 1.87 bits per heavy atom. The van der Waals surface area contributed by atoms with Crippen molar-refractivity contribution in [3.05, 3.63) is 47.5 Å². The zero-order valence-electron chi connectivity index (χ0n) is 9.07. The predicted molar refractivity (Wildman–Crippen MR) is 60.9 cm³/mol. The first-order valence-electron chi connectivity index (χ1n) is 5.04. The maximum atomic E-state index is 5.64. The molecule has 0 radical (unpaired) electrons. The molecule has 15 heavy (non-hydrogen) atoms. The maximum absolute atomic E-state index is 5.64. The summed E-state index contributed by atoms with van der Waals surface area (Å²) >= 11 is 0. The lowest BCUT2D eigenvalue weighted by molar-refractivity contribution is 0.938. The number of aromatic nitrogens is 2. The third-order valence-corrected chi connectivity index (χ3v) is 2.58. The van der Waals surface area contributed by atoms with Crippen molar-refractivity contribution in [2.75, 3.05) is 0 Å². The van der Waals surface area contributed by atoms with Crippen molar-refractivity contribution >= 4 is 0 Å². The second kappa shape index (κ2) is 3.87. The molecule has 0 spiro atoms. The molecule has 1 aromatic heterocycles. The summed E-state index contributed by atoms with van der Waals surface area (Å²) in [5.41, 5.74) is 8.87. The Kier molecular flexibility index (Phi) is 2.56. The van der Waals surface area contributed by atoms with E-state index in [9.17, 15) is 0 Å². The van der Waals surface area contributed by atoms with Gasteiger partial charge in [-0.15, -0.1) is 0 Å². The third-order valence-electron chi connectivity index (χ3n) is 2.58. The molecular weight excluding hydrogens is 186 g/mol. The number of rotatable bonds is 2. The fraction of sp³-hybridized carbons (Fsp3) is 0.250. The number of benzene rings is 1. The predicted octanol–water partition coefficient (Wildman–Crippen LogP) is 1.95. The first kappa shape index (κ1) is 9.93. The summed E-state index contributed by atoms with van der Waals surface area (Å²) in [6, 6.07) is 10.2. The summed E-state index contributed by atoms with van der Waals surface area (Å²) in [4.78, 5) is 4.44. The van der Waals surface area contributed by atoms with Crippen molar-refractivity contribution in [3.63, 3.8) is 0 Å². The molecule has 0 fully saturated rings. The molecule has 3 heteroatoms. The van der Waals surface area contributed by atoms with Crippen LogP contribution in [0.25, 0.3) is 5.69 Å². The summed E-state index contributed by atoms with van der Waals surface area (Å²) in [5, 5.41) is 0. The Hall–Kier alpha value is -1.61. The molecule has 0 atom stereocenters. The Morgan fingerprint density at radius 3 is 2.40 bits per heavy atom. The lowest BCUT2D eigenvalue weighted by Crippen LogP contribution is -2.01. The van der Waals surface area contributed by atoms with Crippen molar-refractivity contribution in [2.45, 2.75) is 20.4 Å². The lowest BCUT2D eigenvalue weighted by Gasteiger charge is -2.07. The molecule has 1 aromatic carbocycles. The van der Waals surface area contributed by atoms with Crippen molar-refractivity contribution in [3.8, 4) is 5.69 Å². The normalized spacial score (nSPS) is 10.6. The lowest BCUT2D eigenvalue weighted by atomic mass is 10.3. The van der Waals surface area contributed by atoms with E-state index < -0.39 is 0 Å². The van der Waals surface area contributed by atoms with Gasteiger partial charge in [-0.1, -0.05) is 18.2 Å². The minimum atomic E-state index is 0.493. The van der Waals surface area contributed by atoms with Crippen LogP contribution in [0.4, 0.5) is 0 Å². The molecule has 2 rings (SSSR count). The molecule has 0 saturated carbocycles. The maximum Gasteiger partial charge on any atom is 0.110 e. The molecule has 0 aliphatic heterocycles. The van der Waals surface area contributed by atoms with E-state index in [1.54, 1.807) is 0 Å². The topological polar surface area (TPSA) is 43.8 Å². The Labute approximate surface area is 89.6 Å². The summed E-state index contributed by atoms with van der Waals surface area (Å²) in [5.74, 6) is 0.985. The van der Waals surface area contributed by atoms with E-state index in [4.69, 9.17) is 5.73 Å². The second-order valence-corrected chi connectivity index (χ2v) is 3.57. The molecule has 3 nitrogen and oxygen atoms in total. The minimum Gasteiger partial charge on any atom is -0.325 e. The molecule has 1 heterocycles. The van der Waals surface area contributed by atoms with Gasteiger partial charge in [0, 0.05) is 17.9 Å². The van der Waals surface area contributed by atoms with E-state index in [1.807, 2.05) is 25.1 Å². The zero-order chi connectivity index (χ0) is 10.8. The highest BCUT2D eigenvalue weighted by atomic mass is 15.1. The van der Waals surface area contributed by atoms with Gasteiger partial charge in [0.25, 0.3) is 0 Å². The van der Waals surface area contributed by atoms with E-state index in [1.165, 1.54) is 0 Å². The van der Waals surface area contributed by atoms with Gasteiger partial charge in [0.15, 0.2) is 0 Å². The number of imidazole rings is 1. The van der Waals surface area contributed by atoms with Crippen LogP contribution in [0.3, 0.4) is 0 Å². The Bertz CT molecular complexity index is 457. The van der Waals surface area contributed by atoms with Crippen LogP contribution in [0.15, 0.2) is 30.3 Å². The van der Waals surface area contributed by atoms with Crippen LogP contribution in [-0.2, 0) is 6.54 Å². The SMILES string of the molecule is Cc1nc(CN)c(C)n1-c1ccccc1. The molecule has 0 unspecified atom stereocenters. The van der Waals surface area contributed by atoms with Crippen LogP contribution in [0.5, 0.6) is 0 Å². The van der Waals surface area contributed by atoms with Crippen LogP contribution in [-0.4, -0.2) is 9.55 Å². The van der Waals surface area contributed by atoms with Crippen molar-refractivity contribution < 1.29 is 0 Å². The van der Waals surface area contributed by atoms with Crippen molar-refractivity contribution in [1.82, 2.24) is 9.55 Å². The number of hydrogen-bond acceptors (Lipinski definition) is 2. The van der Waals surface area contributed by atoms with E-state index in [0.29, 0.717) is 6.54 Å². The quantitative estimate of drug-likeness (QED) is 0.807. The van der Waals surface area contributed by atoms with Gasteiger partial charge >= 0.3 is 0 Å². The Morgan fingerprint density at radius 1 is 1.20 bits per heavy atom. The average Bonchev–Trinajstić information content (AvgIpc) is 2.55. The van der Waals surface area contributed by atoms with E-state index >= 15 is 0 Å². The van der Waals surface area contributed by atoms with Crippen molar-refractivity contribution in [2.24, 2.45) is 5.73 Å². The molecular formula is C12H15N3. The average molecular weight is 201 g/mol. The molecule has 78 valence electrons. The fourth-order valence-electron chi connectivity index (χ4n) is 1.85.